The number of allylic oxidation sites excluding steroid dienone is 1. The summed E-state index contributed by atoms with van der Waals surface area (Å²) in [6.45, 7) is 6.02. The topological polar surface area (TPSA) is 130 Å². The van der Waals surface area contributed by atoms with E-state index in [1.807, 2.05) is 75.4 Å². The number of hydrogen-bond acceptors (Lipinski definition) is 9. The van der Waals surface area contributed by atoms with E-state index in [4.69, 9.17) is 0 Å². The Hall–Kier alpha value is -5.12. The summed E-state index contributed by atoms with van der Waals surface area (Å²) in [6, 6.07) is 21.9. The Morgan fingerprint density at radius 3 is 2.11 bits per heavy atom. The number of nitrogens with zero attached hydrogens (tertiary/aromatic N) is 5. The molecule has 3 N–H and O–H groups in total. The highest BCUT2D eigenvalue weighted by atomic mass is 16.6. The largest absolute Gasteiger partial charge is 0.324 e. The van der Waals surface area contributed by atoms with Crippen LogP contribution < -0.4 is 16.1 Å². The van der Waals surface area contributed by atoms with Crippen LogP contribution in [0.1, 0.15) is 23.6 Å². The van der Waals surface area contributed by atoms with Crippen LogP contribution in [-0.2, 0) is 0 Å². The van der Waals surface area contributed by atoms with Crippen molar-refractivity contribution in [3.63, 3.8) is 0 Å². The number of hydrazone groups is 1. The lowest BCUT2D eigenvalue weighted by Gasteiger charge is -2.11. The second-order valence-electron chi connectivity index (χ2n) is 8.33. The lowest BCUT2D eigenvalue weighted by atomic mass is 10.1. The van der Waals surface area contributed by atoms with Crippen molar-refractivity contribution in [2.24, 2.45) is 5.10 Å². The third-order valence-corrected chi connectivity index (χ3v) is 5.36. The molecule has 0 saturated heterocycles. The highest BCUT2D eigenvalue weighted by Crippen LogP contribution is 2.22. The fraction of sp³-hybridized carbons (Fsp3) is 0.111. The molecule has 0 aliphatic carbocycles. The molecule has 0 amide bonds. The molecule has 1 heterocycles. The number of aromatic nitrogens is 3. The molecule has 0 spiro atoms. The van der Waals surface area contributed by atoms with Crippen LogP contribution in [0.5, 0.6) is 0 Å². The maximum absolute atomic E-state index is 10.9. The number of nitrogens with one attached hydrogen (secondary N) is 3. The van der Waals surface area contributed by atoms with Crippen LogP contribution in [0, 0.1) is 24.0 Å². The minimum absolute atomic E-state index is 0.00564. The SMILES string of the molecule is C/C(C=NNc1nc(Nc2ccc([N+](=O)[O-])cc2)nc(Nc2ccc(C)c(C)c2)n1)=C/c1ccccc1. The Balaban J connectivity index is 1.57. The van der Waals surface area contributed by atoms with Gasteiger partial charge in [0.2, 0.25) is 17.8 Å². The fourth-order valence-corrected chi connectivity index (χ4v) is 3.32. The highest BCUT2D eigenvalue weighted by Gasteiger charge is 2.10. The van der Waals surface area contributed by atoms with Gasteiger partial charge in [0, 0.05) is 23.5 Å². The smallest absolute Gasteiger partial charge is 0.269 e. The van der Waals surface area contributed by atoms with E-state index >= 15 is 0 Å². The molecule has 0 atom stereocenters. The summed E-state index contributed by atoms with van der Waals surface area (Å²) in [5.74, 6) is 0.760. The second-order valence-corrected chi connectivity index (χ2v) is 8.33. The van der Waals surface area contributed by atoms with Gasteiger partial charge in [-0.3, -0.25) is 10.1 Å². The van der Waals surface area contributed by atoms with Crippen LogP contribution in [-0.4, -0.2) is 26.1 Å². The summed E-state index contributed by atoms with van der Waals surface area (Å²) >= 11 is 0. The van der Waals surface area contributed by atoms with Crippen molar-refractivity contribution in [3.8, 4) is 0 Å². The molecule has 186 valence electrons. The van der Waals surface area contributed by atoms with Crippen LogP contribution >= 0.6 is 0 Å². The van der Waals surface area contributed by atoms with E-state index in [1.165, 1.54) is 17.7 Å². The van der Waals surface area contributed by atoms with Crippen molar-refractivity contribution >= 4 is 47.2 Å². The maximum Gasteiger partial charge on any atom is 0.269 e. The van der Waals surface area contributed by atoms with Gasteiger partial charge in [0.15, 0.2) is 0 Å². The molecule has 0 aliphatic rings. The van der Waals surface area contributed by atoms with E-state index in [0.29, 0.717) is 11.6 Å². The van der Waals surface area contributed by atoms with E-state index in [9.17, 15) is 10.1 Å². The van der Waals surface area contributed by atoms with Crippen molar-refractivity contribution < 1.29 is 4.92 Å². The minimum Gasteiger partial charge on any atom is -0.324 e. The van der Waals surface area contributed by atoms with Gasteiger partial charge in [0.05, 0.1) is 11.1 Å². The first-order valence-corrected chi connectivity index (χ1v) is 11.5. The summed E-state index contributed by atoms with van der Waals surface area (Å²) in [7, 11) is 0. The molecule has 0 radical (unpaired) electrons. The molecule has 4 aromatic rings. The molecule has 0 bridgehead atoms. The van der Waals surface area contributed by atoms with Gasteiger partial charge in [-0.1, -0.05) is 42.5 Å². The number of hydrogen-bond donors (Lipinski definition) is 3. The van der Waals surface area contributed by atoms with Crippen LogP contribution in [0.2, 0.25) is 0 Å². The van der Waals surface area contributed by atoms with E-state index in [-0.39, 0.29) is 17.6 Å². The van der Waals surface area contributed by atoms with Crippen LogP contribution in [0.25, 0.3) is 6.08 Å². The zero-order valence-corrected chi connectivity index (χ0v) is 20.6. The van der Waals surface area contributed by atoms with E-state index < -0.39 is 4.92 Å². The number of aryl methyl sites for hydroxylation is 2. The van der Waals surface area contributed by atoms with Gasteiger partial charge < -0.3 is 10.6 Å². The molecule has 1 aromatic heterocycles. The first-order valence-electron chi connectivity index (χ1n) is 11.5. The first kappa shape index (κ1) is 25.0. The van der Waals surface area contributed by atoms with Gasteiger partial charge in [-0.05, 0) is 67.3 Å². The van der Waals surface area contributed by atoms with Gasteiger partial charge in [-0.2, -0.15) is 20.1 Å². The van der Waals surface area contributed by atoms with Gasteiger partial charge in [0.1, 0.15) is 0 Å². The highest BCUT2D eigenvalue weighted by molar-refractivity contribution is 5.85. The third-order valence-electron chi connectivity index (χ3n) is 5.36. The van der Waals surface area contributed by atoms with Gasteiger partial charge in [-0.25, -0.2) is 5.43 Å². The molecule has 0 saturated carbocycles. The molecule has 10 heteroatoms. The van der Waals surface area contributed by atoms with Crippen molar-refractivity contribution in [1.29, 1.82) is 0 Å². The summed E-state index contributed by atoms with van der Waals surface area (Å²) in [6.07, 6.45) is 3.68. The van der Waals surface area contributed by atoms with Crippen molar-refractivity contribution in [2.75, 3.05) is 16.1 Å². The number of rotatable bonds is 9. The molecule has 0 aliphatic heterocycles. The molecular formula is C27H26N8O2. The van der Waals surface area contributed by atoms with E-state index in [2.05, 4.69) is 36.1 Å². The molecule has 0 unspecified atom stereocenters. The Kier molecular flexibility index (Phi) is 7.79. The number of nitro benzene ring substituents is 1. The predicted molar refractivity (Wildman–Crippen MR) is 148 cm³/mol. The summed E-state index contributed by atoms with van der Waals surface area (Å²) < 4.78 is 0. The second kappa shape index (κ2) is 11.5. The molecular weight excluding hydrogens is 468 g/mol. The Bertz CT molecular complexity index is 1450. The zero-order valence-electron chi connectivity index (χ0n) is 20.6. The average molecular weight is 495 g/mol. The minimum atomic E-state index is -0.452. The van der Waals surface area contributed by atoms with E-state index in [0.717, 1.165) is 22.4 Å². The van der Waals surface area contributed by atoms with E-state index in [1.54, 1.807) is 18.3 Å². The lowest BCUT2D eigenvalue weighted by Crippen LogP contribution is -2.07. The Morgan fingerprint density at radius 2 is 1.46 bits per heavy atom. The molecule has 4 rings (SSSR count). The number of anilines is 5. The Morgan fingerprint density at radius 1 is 0.838 bits per heavy atom. The van der Waals surface area contributed by atoms with Crippen LogP contribution in [0.4, 0.5) is 34.9 Å². The number of nitro groups is 1. The maximum atomic E-state index is 10.9. The molecule has 10 nitrogen and oxygen atoms in total. The summed E-state index contributed by atoms with van der Waals surface area (Å²) in [5.41, 5.74) is 8.58. The van der Waals surface area contributed by atoms with Crippen LogP contribution in [0.15, 0.2) is 83.5 Å². The fourth-order valence-electron chi connectivity index (χ4n) is 3.32. The summed E-state index contributed by atoms with van der Waals surface area (Å²) in [4.78, 5) is 23.8. The normalized spacial score (nSPS) is 11.4. The van der Waals surface area contributed by atoms with Gasteiger partial charge in [0.25, 0.3) is 5.69 Å². The summed E-state index contributed by atoms with van der Waals surface area (Å²) in [5, 5.41) is 21.5. The standard InChI is InChI=1S/C27H26N8O2/c1-18(15-21-7-5-4-6-8-21)17-28-34-27-32-25(29-22-11-13-24(14-12-22)35(36)37)31-26(33-27)30-23-10-9-19(2)20(3)16-23/h4-17H,1-3H3,(H3,29,30,31,32,33,34)/b18-15-,28-17?. The molecule has 0 fully saturated rings. The van der Waals surface area contributed by atoms with Crippen molar-refractivity contribution in [1.82, 2.24) is 15.0 Å². The lowest BCUT2D eigenvalue weighted by molar-refractivity contribution is -0.384. The zero-order chi connectivity index (χ0) is 26.2. The number of non-ortho nitro benzene ring substituents is 1. The Labute approximate surface area is 214 Å². The molecule has 3 aromatic carbocycles. The predicted octanol–water partition coefficient (Wildman–Crippen LogP) is 6.39. The first-order chi connectivity index (χ1) is 17.9. The van der Waals surface area contributed by atoms with Gasteiger partial charge >= 0.3 is 0 Å². The quantitative estimate of drug-likeness (QED) is 0.139. The van der Waals surface area contributed by atoms with Gasteiger partial charge in [-0.15, -0.1) is 0 Å². The third kappa shape index (κ3) is 7.18. The molecule has 37 heavy (non-hydrogen) atoms. The van der Waals surface area contributed by atoms with Crippen molar-refractivity contribution in [3.05, 3.63) is 105 Å². The average Bonchev–Trinajstić information content (AvgIpc) is 2.87. The van der Waals surface area contributed by atoms with Crippen molar-refractivity contribution in [2.45, 2.75) is 20.8 Å². The monoisotopic (exact) mass is 494 g/mol. The number of benzene rings is 3. The van der Waals surface area contributed by atoms with Crippen LogP contribution in [0.3, 0.4) is 0 Å².